The van der Waals surface area contributed by atoms with Crippen molar-refractivity contribution in [2.75, 3.05) is 27.4 Å². The third-order valence-corrected chi connectivity index (χ3v) is 9.60. The molecular weight excluding hydrogens is 697 g/mol. The van der Waals surface area contributed by atoms with Gasteiger partial charge in [0.05, 0.1) is 50.2 Å². The fraction of sp³-hybridized carbons (Fsp3) is 0.150. The minimum absolute atomic E-state index is 0.176. The van der Waals surface area contributed by atoms with Crippen LogP contribution in [0.5, 0.6) is 11.5 Å². The number of aromatic nitrogens is 4. The zero-order valence-corrected chi connectivity index (χ0v) is 30.5. The van der Waals surface area contributed by atoms with Crippen LogP contribution in [-0.4, -0.2) is 59.3 Å². The zero-order chi connectivity index (χ0) is 36.5. The third kappa shape index (κ3) is 8.09. The van der Waals surface area contributed by atoms with Gasteiger partial charge in [0.2, 0.25) is 0 Å². The number of nitrogens with zero attached hydrogens (tertiary/aromatic N) is 4. The van der Waals surface area contributed by atoms with Crippen LogP contribution in [-0.2, 0) is 9.47 Å². The van der Waals surface area contributed by atoms with E-state index in [-0.39, 0.29) is 24.3 Å². The van der Waals surface area contributed by atoms with Gasteiger partial charge < -0.3 is 18.9 Å². The predicted molar refractivity (Wildman–Crippen MR) is 203 cm³/mol. The van der Waals surface area contributed by atoms with E-state index >= 15 is 0 Å². The fourth-order valence-electron chi connectivity index (χ4n) is 5.39. The van der Waals surface area contributed by atoms with Gasteiger partial charge in [-0.05, 0) is 59.7 Å². The molecular formula is C40H34N4O6S2. The number of carbonyl (C=O) groups is 2. The first-order valence-corrected chi connectivity index (χ1v) is 18.5. The van der Waals surface area contributed by atoms with Crippen molar-refractivity contribution in [1.82, 2.24) is 19.9 Å². The van der Waals surface area contributed by atoms with Gasteiger partial charge in [-0.3, -0.25) is 0 Å². The van der Waals surface area contributed by atoms with Gasteiger partial charge in [-0.25, -0.2) is 29.5 Å². The van der Waals surface area contributed by atoms with Crippen LogP contribution in [0.15, 0.2) is 120 Å². The summed E-state index contributed by atoms with van der Waals surface area (Å²) >= 11 is 0. The molecule has 2 aromatic heterocycles. The first-order chi connectivity index (χ1) is 25.4. The van der Waals surface area contributed by atoms with E-state index in [2.05, 4.69) is 0 Å². The summed E-state index contributed by atoms with van der Waals surface area (Å²) in [5, 5.41) is 0.689. The van der Waals surface area contributed by atoms with Gasteiger partial charge >= 0.3 is 11.9 Å². The van der Waals surface area contributed by atoms with Crippen LogP contribution in [0.3, 0.4) is 0 Å². The molecule has 0 atom stereocenters. The molecule has 12 heteroatoms. The second kappa shape index (κ2) is 17.0. The van der Waals surface area contributed by atoms with Crippen LogP contribution >= 0.6 is 21.6 Å². The van der Waals surface area contributed by atoms with Crippen LogP contribution in [0.1, 0.15) is 34.6 Å². The van der Waals surface area contributed by atoms with Gasteiger partial charge in [0.15, 0.2) is 10.3 Å². The number of rotatable bonds is 13. The molecule has 0 aliphatic heterocycles. The van der Waals surface area contributed by atoms with Crippen molar-refractivity contribution in [3.05, 3.63) is 120 Å². The lowest BCUT2D eigenvalue weighted by atomic mass is 10.00. The average molecular weight is 731 g/mol. The molecule has 2 heterocycles. The Morgan fingerprint density at radius 3 is 1.19 bits per heavy atom. The largest absolute Gasteiger partial charge is 0.497 e. The number of methoxy groups -OCH3 is 2. The topological polar surface area (TPSA) is 123 Å². The summed E-state index contributed by atoms with van der Waals surface area (Å²) in [5.74, 6) is 0.113. The maximum atomic E-state index is 13.6. The Balaban J connectivity index is 1.52. The van der Waals surface area contributed by atoms with Crippen LogP contribution in [0, 0.1) is 0 Å². The van der Waals surface area contributed by atoms with Gasteiger partial charge in [0.25, 0.3) is 0 Å². The smallest absolute Gasteiger partial charge is 0.342 e. The molecule has 6 rings (SSSR count). The first-order valence-electron chi connectivity index (χ1n) is 16.4. The average Bonchev–Trinajstić information content (AvgIpc) is 3.20. The minimum Gasteiger partial charge on any atom is -0.497 e. The van der Waals surface area contributed by atoms with Crippen molar-refractivity contribution in [3.63, 3.8) is 0 Å². The van der Waals surface area contributed by atoms with Crippen molar-refractivity contribution in [3.8, 4) is 56.5 Å². The van der Waals surface area contributed by atoms with Crippen LogP contribution in [0.2, 0.25) is 0 Å². The number of benzene rings is 4. The fourth-order valence-corrected chi connectivity index (χ4v) is 6.95. The van der Waals surface area contributed by atoms with E-state index < -0.39 is 11.9 Å². The van der Waals surface area contributed by atoms with E-state index in [1.54, 1.807) is 28.1 Å². The number of hydrogen-bond donors (Lipinski definition) is 0. The maximum Gasteiger partial charge on any atom is 0.342 e. The molecule has 10 nitrogen and oxygen atoms in total. The van der Waals surface area contributed by atoms with E-state index in [1.807, 2.05) is 109 Å². The standard InChI is InChI=1S/C40H34N4O6S2/c1-5-49-37(45)31-33(25-15-9-7-10-16-25)41-39(43-35(31)27-19-13-21-29(23-27)47-3)51-52-40-42-34(26-17-11-8-12-18-26)32(38(46)50-6-2)36(44-40)28-20-14-22-30(24-28)48-4/h7-24H,5-6H2,1-4H3. The molecule has 6 aromatic rings. The van der Waals surface area contributed by atoms with Crippen molar-refractivity contribution in [1.29, 1.82) is 0 Å². The summed E-state index contributed by atoms with van der Waals surface area (Å²) in [6, 6.07) is 33.5. The summed E-state index contributed by atoms with van der Waals surface area (Å²) < 4.78 is 22.0. The third-order valence-electron chi connectivity index (χ3n) is 7.71. The molecule has 0 unspecified atom stereocenters. The molecule has 0 aliphatic carbocycles. The molecule has 0 aliphatic rings. The molecule has 0 radical (unpaired) electrons. The molecule has 0 saturated heterocycles. The van der Waals surface area contributed by atoms with E-state index in [9.17, 15) is 9.59 Å². The SMILES string of the molecule is CCOC(=O)c1c(-c2ccccc2)nc(SSc2nc(-c3ccccc3)c(C(=O)OCC)c(-c3cccc(OC)c3)n2)nc1-c1cccc(OC)c1. The molecule has 0 amide bonds. The highest BCUT2D eigenvalue weighted by atomic mass is 33.1. The lowest BCUT2D eigenvalue weighted by molar-refractivity contribution is 0.0517. The highest BCUT2D eigenvalue weighted by Crippen LogP contribution is 2.41. The lowest BCUT2D eigenvalue weighted by Crippen LogP contribution is -2.12. The molecule has 0 spiro atoms. The number of hydrogen-bond acceptors (Lipinski definition) is 12. The quantitative estimate of drug-likeness (QED) is 0.0640. The van der Waals surface area contributed by atoms with Crippen molar-refractivity contribution in [2.24, 2.45) is 0 Å². The van der Waals surface area contributed by atoms with Crippen molar-refractivity contribution >= 4 is 33.5 Å². The number of esters is 2. The van der Waals surface area contributed by atoms with Gasteiger partial charge in [0, 0.05) is 22.3 Å². The lowest BCUT2D eigenvalue weighted by Gasteiger charge is -2.16. The van der Waals surface area contributed by atoms with Gasteiger partial charge in [0.1, 0.15) is 22.6 Å². The van der Waals surface area contributed by atoms with E-state index in [4.69, 9.17) is 38.9 Å². The highest BCUT2D eigenvalue weighted by Gasteiger charge is 2.27. The molecule has 0 saturated carbocycles. The summed E-state index contributed by atoms with van der Waals surface area (Å²) in [7, 11) is 5.60. The second-order valence-electron chi connectivity index (χ2n) is 11.0. The Labute approximate surface area is 309 Å². The Kier molecular flexibility index (Phi) is 11.8. The Morgan fingerprint density at radius 2 is 0.846 bits per heavy atom. The monoisotopic (exact) mass is 730 g/mol. The summed E-state index contributed by atoms with van der Waals surface area (Å²) in [5.41, 5.74) is 4.79. The van der Waals surface area contributed by atoms with E-state index in [0.717, 1.165) is 0 Å². The summed E-state index contributed by atoms with van der Waals surface area (Å²) in [4.78, 5) is 46.8. The Bertz CT molecular complexity index is 2050. The molecule has 52 heavy (non-hydrogen) atoms. The summed E-state index contributed by atoms with van der Waals surface area (Å²) in [6.07, 6.45) is 0. The van der Waals surface area contributed by atoms with Gasteiger partial charge in [-0.1, -0.05) is 84.9 Å². The molecule has 262 valence electrons. The second-order valence-corrected chi connectivity index (χ2v) is 13.0. The molecule has 0 fully saturated rings. The van der Waals surface area contributed by atoms with Gasteiger partial charge in [-0.15, -0.1) is 0 Å². The first kappa shape index (κ1) is 36.1. The summed E-state index contributed by atoms with van der Waals surface area (Å²) in [6.45, 7) is 3.86. The van der Waals surface area contributed by atoms with Crippen LogP contribution < -0.4 is 9.47 Å². The molecule has 4 aromatic carbocycles. The zero-order valence-electron chi connectivity index (χ0n) is 28.9. The van der Waals surface area contributed by atoms with Crippen molar-refractivity contribution in [2.45, 2.75) is 24.2 Å². The van der Waals surface area contributed by atoms with Gasteiger partial charge in [-0.2, -0.15) is 0 Å². The van der Waals surface area contributed by atoms with E-state index in [1.165, 1.54) is 21.6 Å². The molecule has 0 N–H and O–H groups in total. The Morgan fingerprint density at radius 1 is 0.500 bits per heavy atom. The van der Waals surface area contributed by atoms with Crippen LogP contribution in [0.25, 0.3) is 45.0 Å². The highest BCUT2D eigenvalue weighted by molar-refractivity contribution is 8.76. The predicted octanol–water partition coefficient (Wildman–Crippen LogP) is 9.10. The number of carbonyl (C=O) groups excluding carboxylic acids is 2. The number of ether oxygens (including phenoxy) is 4. The normalized spacial score (nSPS) is 10.8. The minimum atomic E-state index is -0.545. The van der Waals surface area contributed by atoms with Crippen LogP contribution in [0.4, 0.5) is 0 Å². The molecule has 0 bridgehead atoms. The van der Waals surface area contributed by atoms with Crippen molar-refractivity contribution < 1.29 is 28.5 Å². The maximum absolute atomic E-state index is 13.6. The Hall–Kier alpha value is -5.72. The van der Waals surface area contributed by atoms with E-state index in [0.29, 0.717) is 66.8 Å².